The maximum absolute atomic E-state index is 5.69. The molecule has 1 unspecified atom stereocenters. The summed E-state index contributed by atoms with van der Waals surface area (Å²) in [7, 11) is 3.64. The number of nitrogens with two attached hydrogens (primary N) is 1. The summed E-state index contributed by atoms with van der Waals surface area (Å²) >= 11 is 0. The average Bonchev–Trinajstić information content (AvgIpc) is 2.20. The second-order valence-corrected chi connectivity index (χ2v) is 7.58. The Bertz CT molecular complexity index is 227. The van der Waals surface area contributed by atoms with E-state index >= 15 is 0 Å². The van der Waals surface area contributed by atoms with Crippen molar-refractivity contribution < 1.29 is 4.74 Å². The highest BCUT2D eigenvalue weighted by molar-refractivity contribution is 8.77. The van der Waals surface area contributed by atoms with Gasteiger partial charge in [0.2, 0.25) is 0 Å². The van der Waals surface area contributed by atoms with Crippen LogP contribution in [0.5, 0.6) is 0 Å². The van der Waals surface area contributed by atoms with Crippen molar-refractivity contribution in [3.8, 4) is 11.8 Å². The van der Waals surface area contributed by atoms with Crippen LogP contribution in [0.1, 0.15) is 40.5 Å². The van der Waals surface area contributed by atoms with E-state index in [0.717, 1.165) is 19.4 Å². The fourth-order valence-electron chi connectivity index (χ4n) is 0.849. The molecule has 0 aliphatic heterocycles. The Balaban J connectivity index is 3.92. The summed E-state index contributed by atoms with van der Waals surface area (Å²) in [6.45, 7) is 9.68. The smallest absolute Gasteiger partial charge is 0.114 e. The van der Waals surface area contributed by atoms with Gasteiger partial charge in [0.15, 0.2) is 0 Å². The Morgan fingerprint density at radius 2 is 2.06 bits per heavy atom. The topological polar surface area (TPSA) is 35.2 Å². The van der Waals surface area contributed by atoms with Gasteiger partial charge in [-0.05, 0) is 26.3 Å². The highest BCUT2D eigenvalue weighted by Crippen LogP contribution is 2.39. The van der Waals surface area contributed by atoms with Crippen molar-refractivity contribution in [2.45, 2.75) is 50.7 Å². The van der Waals surface area contributed by atoms with Crippen LogP contribution < -0.4 is 5.73 Å². The van der Waals surface area contributed by atoms with E-state index in [1.807, 2.05) is 17.7 Å². The molecule has 0 bridgehead atoms. The lowest BCUT2D eigenvalue weighted by molar-refractivity contribution is 0.137. The Hall–Kier alpha value is 0.180. The van der Waals surface area contributed by atoms with Crippen molar-refractivity contribution in [2.75, 3.05) is 13.2 Å². The van der Waals surface area contributed by atoms with Crippen LogP contribution in [0.2, 0.25) is 0 Å². The van der Waals surface area contributed by atoms with E-state index in [9.17, 15) is 0 Å². The molecule has 0 saturated heterocycles. The molecule has 2 N–H and O–H groups in total. The average molecular weight is 261 g/mol. The standard InChI is InChI=1S/C12H23NOS2/c1-5-6-10-14-11(8-7-9-13)15-16-12(2,3)4/h11H,7-10,13H2,1-4H3. The molecule has 0 radical (unpaired) electrons. The highest BCUT2D eigenvalue weighted by atomic mass is 33.1. The summed E-state index contributed by atoms with van der Waals surface area (Å²) in [6, 6.07) is 0. The Kier molecular flexibility index (Phi) is 9.34. The third-order valence-electron chi connectivity index (χ3n) is 1.57. The molecule has 2 nitrogen and oxygen atoms in total. The van der Waals surface area contributed by atoms with Gasteiger partial charge in [-0.2, -0.15) is 0 Å². The summed E-state index contributed by atoms with van der Waals surface area (Å²) in [5.74, 6) is 5.76. The van der Waals surface area contributed by atoms with Gasteiger partial charge >= 0.3 is 0 Å². The lowest BCUT2D eigenvalue weighted by Crippen LogP contribution is -2.13. The molecular weight excluding hydrogens is 238 g/mol. The van der Waals surface area contributed by atoms with Crippen molar-refractivity contribution in [1.29, 1.82) is 0 Å². The molecule has 0 aliphatic carbocycles. The summed E-state index contributed by atoms with van der Waals surface area (Å²) in [5.41, 5.74) is 5.72. The third kappa shape index (κ3) is 10.7. The molecule has 4 heteroatoms. The van der Waals surface area contributed by atoms with E-state index in [2.05, 4.69) is 32.6 Å². The molecule has 0 spiro atoms. The number of rotatable bonds is 7. The van der Waals surface area contributed by atoms with Crippen molar-refractivity contribution >= 4 is 21.6 Å². The summed E-state index contributed by atoms with van der Waals surface area (Å²) in [6.07, 6.45) is 2.00. The van der Waals surface area contributed by atoms with Crippen molar-refractivity contribution in [2.24, 2.45) is 5.73 Å². The van der Waals surface area contributed by atoms with Crippen LogP contribution in [-0.4, -0.2) is 23.3 Å². The molecule has 0 aliphatic rings. The zero-order chi connectivity index (χ0) is 12.4. The monoisotopic (exact) mass is 261 g/mol. The Morgan fingerprint density at radius 1 is 1.38 bits per heavy atom. The SMILES string of the molecule is CC#CCOC(CCCN)SSC(C)(C)C. The van der Waals surface area contributed by atoms with Crippen LogP contribution in [0, 0.1) is 11.8 Å². The van der Waals surface area contributed by atoms with Gasteiger partial charge in [0, 0.05) is 4.75 Å². The first-order valence-electron chi connectivity index (χ1n) is 5.55. The van der Waals surface area contributed by atoms with Crippen LogP contribution in [0.25, 0.3) is 0 Å². The lowest BCUT2D eigenvalue weighted by Gasteiger charge is -2.21. The maximum Gasteiger partial charge on any atom is 0.114 e. The van der Waals surface area contributed by atoms with Gasteiger partial charge in [-0.1, -0.05) is 48.3 Å². The van der Waals surface area contributed by atoms with E-state index in [-0.39, 0.29) is 10.2 Å². The van der Waals surface area contributed by atoms with E-state index in [4.69, 9.17) is 10.5 Å². The third-order valence-corrected chi connectivity index (χ3v) is 5.18. The van der Waals surface area contributed by atoms with E-state index in [1.54, 1.807) is 10.8 Å². The second kappa shape index (κ2) is 9.23. The fourth-order valence-corrected chi connectivity index (χ4v) is 3.27. The van der Waals surface area contributed by atoms with Crippen molar-refractivity contribution in [3.63, 3.8) is 0 Å². The van der Waals surface area contributed by atoms with E-state index < -0.39 is 0 Å². The molecule has 1 atom stereocenters. The maximum atomic E-state index is 5.69. The second-order valence-electron chi connectivity index (χ2n) is 4.39. The van der Waals surface area contributed by atoms with Gasteiger partial charge < -0.3 is 10.5 Å². The van der Waals surface area contributed by atoms with Gasteiger partial charge in [-0.15, -0.1) is 5.92 Å². The van der Waals surface area contributed by atoms with Gasteiger partial charge in [-0.3, -0.25) is 0 Å². The lowest BCUT2D eigenvalue weighted by atomic mass is 10.3. The largest absolute Gasteiger partial charge is 0.354 e. The molecule has 0 rings (SSSR count). The first kappa shape index (κ1) is 16.2. The molecular formula is C12H23NOS2. The first-order valence-corrected chi connectivity index (χ1v) is 7.76. The summed E-state index contributed by atoms with van der Waals surface area (Å²) < 4.78 is 5.95. The predicted molar refractivity (Wildman–Crippen MR) is 76.4 cm³/mol. The molecule has 0 aromatic heterocycles. The van der Waals surface area contributed by atoms with Crippen molar-refractivity contribution in [3.05, 3.63) is 0 Å². The zero-order valence-electron chi connectivity index (χ0n) is 10.7. The van der Waals surface area contributed by atoms with Crippen LogP contribution >= 0.6 is 21.6 Å². The van der Waals surface area contributed by atoms with Gasteiger partial charge in [0.25, 0.3) is 0 Å². The van der Waals surface area contributed by atoms with Gasteiger partial charge in [0.05, 0.1) is 0 Å². The first-order chi connectivity index (χ1) is 7.49. The van der Waals surface area contributed by atoms with Crippen molar-refractivity contribution in [1.82, 2.24) is 0 Å². The van der Waals surface area contributed by atoms with Crippen LogP contribution in [0.15, 0.2) is 0 Å². The Labute approximate surface area is 108 Å². The van der Waals surface area contributed by atoms with Gasteiger partial charge in [-0.25, -0.2) is 0 Å². The molecule has 0 aromatic rings. The minimum atomic E-state index is 0.202. The molecule has 0 fully saturated rings. The normalized spacial score (nSPS) is 13.1. The minimum absolute atomic E-state index is 0.202. The molecule has 94 valence electrons. The quantitative estimate of drug-likeness (QED) is 0.433. The predicted octanol–water partition coefficient (Wildman–Crippen LogP) is 3.27. The molecule has 0 aromatic carbocycles. The Morgan fingerprint density at radius 3 is 2.56 bits per heavy atom. The highest BCUT2D eigenvalue weighted by Gasteiger charge is 2.16. The van der Waals surface area contributed by atoms with Crippen LogP contribution in [-0.2, 0) is 4.74 Å². The number of hydrogen-bond acceptors (Lipinski definition) is 4. The molecule has 0 amide bonds. The van der Waals surface area contributed by atoms with Crippen LogP contribution in [0.4, 0.5) is 0 Å². The molecule has 16 heavy (non-hydrogen) atoms. The van der Waals surface area contributed by atoms with Gasteiger partial charge in [0.1, 0.15) is 12.0 Å². The zero-order valence-corrected chi connectivity index (χ0v) is 12.3. The summed E-state index contributed by atoms with van der Waals surface area (Å²) in [4.78, 5) is 0. The molecule has 0 heterocycles. The minimum Gasteiger partial charge on any atom is -0.354 e. The number of hydrogen-bond donors (Lipinski definition) is 1. The fraction of sp³-hybridized carbons (Fsp3) is 0.833. The van der Waals surface area contributed by atoms with Crippen LogP contribution in [0.3, 0.4) is 0 Å². The summed E-state index contributed by atoms with van der Waals surface area (Å²) in [5, 5.41) is 0. The van der Waals surface area contributed by atoms with E-state index in [0.29, 0.717) is 6.61 Å². The molecule has 0 saturated carbocycles. The van der Waals surface area contributed by atoms with E-state index in [1.165, 1.54) is 0 Å². The number of ether oxygens (including phenoxy) is 1.